The molecule has 0 saturated heterocycles. The van der Waals surface area contributed by atoms with Gasteiger partial charge in [0.1, 0.15) is 5.78 Å². The van der Waals surface area contributed by atoms with Crippen molar-refractivity contribution in [2.24, 2.45) is 0 Å². The van der Waals surface area contributed by atoms with Gasteiger partial charge in [-0.1, -0.05) is 0 Å². The maximum Gasteiger partial charge on any atom is 0.203 e. The molecule has 2 atom stereocenters. The van der Waals surface area contributed by atoms with Gasteiger partial charge in [-0.25, -0.2) is 0 Å². The maximum absolute atomic E-state index is 13.4. The highest BCUT2D eigenvalue weighted by atomic mass is 16.5. The molecule has 0 radical (unpaired) electrons. The summed E-state index contributed by atoms with van der Waals surface area (Å²) in [6, 6.07) is 7.39. The number of hydrogen-bond acceptors (Lipinski definition) is 7. The van der Waals surface area contributed by atoms with Crippen molar-refractivity contribution in [1.29, 1.82) is 0 Å². The Morgan fingerprint density at radius 3 is 1.10 bits per heavy atom. The molecule has 3 rings (SSSR count). The van der Waals surface area contributed by atoms with E-state index in [-0.39, 0.29) is 17.6 Å². The predicted molar refractivity (Wildman–Crippen MR) is 112 cm³/mol. The monoisotopic (exact) mass is 416 g/mol. The Kier molecular flexibility index (Phi) is 6.59. The lowest BCUT2D eigenvalue weighted by Gasteiger charge is -2.18. The first-order valence-electron chi connectivity index (χ1n) is 9.66. The van der Waals surface area contributed by atoms with Crippen LogP contribution in [0, 0.1) is 0 Å². The average Bonchev–Trinajstić information content (AvgIpc) is 3.17. The van der Waals surface area contributed by atoms with Crippen LogP contribution in [0.5, 0.6) is 34.5 Å². The van der Waals surface area contributed by atoms with Crippen molar-refractivity contribution in [3.05, 3.63) is 35.4 Å². The molecule has 0 amide bonds. The first-order chi connectivity index (χ1) is 14.5. The lowest BCUT2D eigenvalue weighted by atomic mass is 9.91. The third kappa shape index (κ3) is 3.72. The molecular weight excluding hydrogens is 388 g/mol. The summed E-state index contributed by atoms with van der Waals surface area (Å²) >= 11 is 0. The largest absolute Gasteiger partial charge is 0.493 e. The standard InChI is InChI=1S/C23H28O7/c1-25-17-9-13(10-18(26-2)22(17)29-5)15-7-8-16(21(15)24)14-11-19(27-3)23(30-6)20(12-14)28-4/h9-12,15-16H,7-8H2,1-6H3/t15-,16-/m0/s1. The van der Waals surface area contributed by atoms with Crippen molar-refractivity contribution in [1.82, 2.24) is 0 Å². The molecule has 0 N–H and O–H groups in total. The van der Waals surface area contributed by atoms with Crippen molar-refractivity contribution in [3.8, 4) is 34.5 Å². The van der Waals surface area contributed by atoms with E-state index < -0.39 is 0 Å². The lowest BCUT2D eigenvalue weighted by molar-refractivity contribution is -0.119. The lowest BCUT2D eigenvalue weighted by Crippen LogP contribution is -2.12. The minimum atomic E-state index is -0.261. The van der Waals surface area contributed by atoms with Crippen molar-refractivity contribution < 1.29 is 33.2 Å². The van der Waals surface area contributed by atoms with Crippen LogP contribution in [-0.4, -0.2) is 48.4 Å². The van der Waals surface area contributed by atoms with Crippen molar-refractivity contribution in [3.63, 3.8) is 0 Å². The smallest absolute Gasteiger partial charge is 0.203 e. The van der Waals surface area contributed by atoms with E-state index in [1.54, 1.807) is 42.7 Å². The number of benzene rings is 2. The highest BCUT2D eigenvalue weighted by molar-refractivity contribution is 5.94. The fourth-order valence-corrected chi connectivity index (χ4v) is 4.13. The number of carbonyl (C=O) groups is 1. The molecule has 7 nitrogen and oxygen atoms in total. The SMILES string of the molecule is COc1cc([C@@H]2CC[C@@H](c3cc(OC)c(OC)c(OC)c3)C2=O)cc(OC)c1OC. The molecule has 30 heavy (non-hydrogen) atoms. The van der Waals surface area contributed by atoms with Gasteiger partial charge in [-0.2, -0.15) is 0 Å². The summed E-state index contributed by atoms with van der Waals surface area (Å²) in [7, 11) is 9.38. The van der Waals surface area contributed by atoms with Gasteiger partial charge < -0.3 is 28.4 Å². The number of methoxy groups -OCH3 is 6. The Bertz CT molecular complexity index is 798. The average molecular weight is 416 g/mol. The van der Waals surface area contributed by atoms with Crippen LogP contribution in [0.1, 0.15) is 35.8 Å². The Morgan fingerprint density at radius 2 is 0.867 bits per heavy atom. The van der Waals surface area contributed by atoms with Crippen molar-refractivity contribution >= 4 is 5.78 Å². The summed E-state index contributed by atoms with van der Waals surface area (Å²) in [5.41, 5.74) is 1.70. The second-order valence-electron chi connectivity index (χ2n) is 7.00. The quantitative estimate of drug-likeness (QED) is 0.645. The van der Waals surface area contributed by atoms with E-state index in [0.29, 0.717) is 34.5 Å². The molecule has 0 bridgehead atoms. The van der Waals surface area contributed by atoms with Crippen molar-refractivity contribution in [2.45, 2.75) is 24.7 Å². The molecule has 1 fully saturated rings. The second kappa shape index (κ2) is 9.15. The molecule has 0 unspecified atom stereocenters. The van der Waals surface area contributed by atoms with Gasteiger partial charge in [-0.3, -0.25) is 4.79 Å². The maximum atomic E-state index is 13.4. The zero-order valence-corrected chi connectivity index (χ0v) is 18.2. The van der Waals surface area contributed by atoms with Gasteiger partial charge in [0.15, 0.2) is 23.0 Å². The summed E-state index contributed by atoms with van der Waals surface area (Å²) in [5, 5.41) is 0. The van der Waals surface area contributed by atoms with E-state index in [2.05, 4.69) is 0 Å². The van der Waals surface area contributed by atoms with Crippen LogP contribution in [0.15, 0.2) is 24.3 Å². The van der Waals surface area contributed by atoms with E-state index in [1.807, 2.05) is 24.3 Å². The molecule has 0 aromatic heterocycles. The molecule has 7 heteroatoms. The molecule has 0 aliphatic heterocycles. The van der Waals surface area contributed by atoms with E-state index in [1.165, 1.54) is 0 Å². The van der Waals surface area contributed by atoms with Crippen LogP contribution < -0.4 is 28.4 Å². The minimum Gasteiger partial charge on any atom is -0.493 e. The molecule has 2 aromatic carbocycles. The second-order valence-corrected chi connectivity index (χ2v) is 7.00. The van der Waals surface area contributed by atoms with Crippen LogP contribution in [0.4, 0.5) is 0 Å². The number of rotatable bonds is 8. The number of ether oxygens (including phenoxy) is 6. The highest BCUT2D eigenvalue weighted by Crippen LogP contribution is 2.48. The van der Waals surface area contributed by atoms with Crippen LogP contribution in [-0.2, 0) is 4.79 Å². The molecule has 162 valence electrons. The number of hydrogen-bond donors (Lipinski definition) is 0. The fourth-order valence-electron chi connectivity index (χ4n) is 4.13. The Hall–Kier alpha value is -3.09. The first-order valence-corrected chi connectivity index (χ1v) is 9.66. The van der Waals surface area contributed by atoms with E-state index >= 15 is 0 Å². The fraction of sp³-hybridized carbons (Fsp3) is 0.435. The molecule has 0 spiro atoms. The topological polar surface area (TPSA) is 72.5 Å². The summed E-state index contributed by atoms with van der Waals surface area (Å²) in [6.45, 7) is 0. The minimum absolute atomic E-state index is 0.138. The van der Waals surface area contributed by atoms with Gasteiger partial charge >= 0.3 is 0 Å². The van der Waals surface area contributed by atoms with Crippen LogP contribution >= 0.6 is 0 Å². The zero-order chi connectivity index (χ0) is 21.8. The molecular formula is C23H28O7. The Labute approximate surface area is 176 Å². The zero-order valence-electron chi connectivity index (χ0n) is 18.2. The van der Waals surface area contributed by atoms with Gasteiger partial charge in [0.25, 0.3) is 0 Å². The van der Waals surface area contributed by atoms with Gasteiger partial charge in [-0.05, 0) is 48.2 Å². The summed E-state index contributed by atoms with van der Waals surface area (Å²) in [6.07, 6.45) is 1.44. The molecule has 2 aromatic rings. The predicted octanol–water partition coefficient (Wildman–Crippen LogP) is 3.97. The van der Waals surface area contributed by atoms with E-state index in [0.717, 1.165) is 24.0 Å². The Morgan fingerprint density at radius 1 is 0.567 bits per heavy atom. The third-order valence-electron chi connectivity index (χ3n) is 5.61. The highest BCUT2D eigenvalue weighted by Gasteiger charge is 2.37. The van der Waals surface area contributed by atoms with E-state index in [4.69, 9.17) is 28.4 Å². The van der Waals surface area contributed by atoms with Crippen LogP contribution in [0.2, 0.25) is 0 Å². The molecule has 1 aliphatic rings. The number of ketones is 1. The summed E-state index contributed by atoms with van der Waals surface area (Å²) < 4.78 is 32.6. The summed E-state index contributed by atoms with van der Waals surface area (Å²) in [4.78, 5) is 13.4. The van der Waals surface area contributed by atoms with E-state index in [9.17, 15) is 4.79 Å². The molecule has 1 aliphatic carbocycles. The van der Waals surface area contributed by atoms with Crippen molar-refractivity contribution in [2.75, 3.05) is 42.7 Å². The molecule has 1 saturated carbocycles. The van der Waals surface area contributed by atoms with Gasteiger partial charge in [0, 0.05) is 11.8 Å². The number of Topliss-reactive ketones (excluding diaryl/α,β-unsaturated/α-hetero) is 1. The third-order valence-corrected chi connectivity index (χ3v) is 5.61. The van der Waals surface area contributed by atoms with Gasteiger partial charge in [0.2, 0.25) is 11.5 Å². The van der Waals surface area contributed by atoms with Crippen LogP contribution in [0.25, 0.3) is 0 Å². The Balaban J connectivity index is 1.97. The van der Waals surface area contributed by atoms with Gasteiger partial charge in [0.05, 0.1) is 42.7 Å². The van der Waals surface area contributed by atoms with Gasteiger partial charge in [-0.15, -0.1) is 0 Å². The van der Waals surface area contributed by atoms with Crippen LogP contribution in [0.3, 0.4) is 0 Å². The first kappa shape index (κ1) is 21.6. The summed E-state index contributed by atoms with van der Waals surface area (Å²) in [5.74, 6) is 2.79. The normalized spacial score (nSPS) is 18.1. The molecule has 0 heterocycles. The number of carbonyl (C=O) groups excluding carboxylic acids is 1.